The van der Waals surface area contributed by atoms with Crippen molar-refractivity contribution >= 4 is 35.4 Å². The molecule has 0 saturated carbocycles. The molecule has 0 unspecified atom stereocenters. The third-order valence-electron chi connectivity index (χ3n) is 11.2. The van der Waals surface area contributed by atoms with Gasteiger partial charge >= 0.3 is 23.9 Å². The molecule has 0 radical (unpaired) electrons. The summed E-state index contributed by atoms with van der Waals surface area (Å²) >= 11 is 0. The van der Waals surface area contributed by atoms with Crippen molar-refractivity contribution in [3.05, 3.63) is 212 Å². The van der Waals surface area contributed by atoms with Gasteiger partial charge in [-0.15, -0.1) is 0 Å². The Balaban J connectivity index is 1.23. The summed E-state index contributed by atoms with van der Waals surface area (Å²) in [5, 5.41) is 0. The minimum absolute atomic E-state index is 0.0333. The van der Waals surface area contributed by atoms with E-state index in [-0.39, 0.29) is 97.1 Å². The molecule has 0 heterocycles. The SMILES string of the molecule is O=C(OCc1ccccc1)c1cc2c(cc1C(=O)OCc1ccccc1)C1(CCC2=O)CCC(=O)c2cc(C(=O)OCc3ccccc3)c(C(=O)OCc3ccccc3)cc21. The second-order valence-electron chi connectivity index (χ2n) is 15.1. The lowest BCUT2D eigenvalue weighted by Gasteiger charge is -2.43. The maximum absolute atomic E-state index is 14.1. The van der Waals surface area contributed by atoms with E-state index in [9.17, 15) is 28.8 Å². The van der Waals surface area contributed by atoms with Gasteiger partial charge in [-0.3, -0.25) is 9.59 Å². The number of hydrogen-bond acceptors (Lipinski definition) is 10. The van der Waals surface area contributed by atoms with Crippen LogP contribution in [0.1, 0.15) is 121 Å². The van der Waals surface area contributed by atoms with Gasteiger partial charge in [0.25, 0.3) is 0 Å². The highest BCUT2D eigenvalue weighted by Crippen LogP contribution is 2.51. The molecule has 0 atom stereocenters. The molecular weight excluding hydrogens is 773 g/mol. The molecule has 10 heteroatoms. The molecule has 6 aromatic rings. The molecule has 6 aromatic carbocycles. The second-order valence-corrected chi connectivity index (χ2v) is 15.1. The summed E-state index contributed by atoms with van der Waals surface area (Å²) in [6, 6.07) is 42.0. The Hall–Kier alpha value is -7.46. The number of ketones is 2. The van der Waals surface area contributed by atoms with E-state index in [0.717, 1.165) is 22.3 Å². The van der Waals surface area contributed by atoms with Crippen molar-refractivity contribution in [3.63, 3.8) is 0 Å². The normalized spacial score (nSPS) is 13.7. The predicted octanol–water partition coefficient (Wildman–Crippen LogP) is 9.35. The van der Waals surface area contributed by atoms with Crippen LogP contribution in [0.3, 0.4) is 0 Å². The zero-order valence-corrected chi connectivity index (χ0v) is 33.1. The number of esters is 4. The maximum atomic E-state index is 14.1. The number of rotatable bonds is 12. The van der Waals surface area contributed by atoms with Gasteiger partial charge in [0.1, 0.15) is 26.4 Å². The monoisotopic (exact) mass is 812 g/mol. The largest absolute Gasteiger partial charge is 0.457 e. The number of ether oxygens (including phenoxy) is 4. The topological polar surface area (TPSA) is 139 Å². The standard InChI is InChI=1S/C51H40O10/c52-45-21-23-51(43-27-39(49(56)60-31-35-17-9-3-10-18-35)37(25-41(43)45)47(54)58-29-33-13-5-1-6-14-33)24-22-46(53)42-26-38(48(55)59-30-34-15-7-2-8-16-34)40(28-44(42)51)50(57)61-32-36-19-11-4-12-20-36/h1-20,25-28H,21-24,29-32H2. The number of benzene rings is 6. The third kappa shape index (κ3) is 8.65. The van der Waals surface area contributed by atoms with Gasteiger partial charge < -0.3 is 18.9 Å². The van der Waals surface area contributed by atoms with E-state index < -0.39 is 29.3 Å². The Bertz CT molecular complexity index is 2450. The Morgan fingerprint density at radius 1 is 0.393 bits per heavy atom. The van der Waals surface area contributed by atoms with Crippen LogP contribution in [-0.2, 0) is 50.8 Å². The van der Waals surface area contributed by atoms with Crippen molar-refractivity contribution in [2.24, 2.45) is 0 Å². The van der Waals surface area contributed by atoms with Gasteiger partial charge in [0.05, 0.1) is 22.3 Å². The van der Waals surface area contributed by atoms with E-state index in [0.29, 0.717) is 11.1 Å². The summed E-state index contributed by atoms with van der Waals surface area (Å²) in [4.78, 5) is 83.7. The highest BCUT2D eigenvalue weighted by molar-refractivity contribution is 6.10. The van der Waals surface area contributed by atoms with Crippen LogP contribution < -0.4 is 0 Å². The zero-order chi connectivity index (χ0) is 42.3. The Morgan fingerprint density at radius 2 is 0.656 bits per heavy atom. The molecule has 0 amide bonds. The van der Waals surface area contributed by atoms with Gasteiger partial charge in [-0.1, -0.05) is 121 Å². The number of Topliss-reactive ketones (excluding diaryl/α,β-unsaturated/α-hetero) is 2. The van der Waals surface area contributed by atoms with Crippen molar-refractivity contribution in [1.29, 1.82) is 0 Å². The summed E-state index contributed by atoms with van der Waals surface area (Å²) in [6.45, 7) is -0.341. The first kappa shape index (κ1) is 40.3. The molecule has 0 fully saturated rings. The highest BCUT2D eigenvalue weighted by atomic mass is 16.5. The average Bonchev–Trinajstić information content (AvgIpc) is 3.31. The molecule has 2 aliphatic rings. The molecular formula is C51H40O10. The summed E-state index contributed by atoms with van der Waals surface area (Å²) < 4.78 is 22.9. The van der Waals surface area contributed by atoms with E-state index in [2.05, 4.69) is 0 Å². The van der Waals surface area contributed by atoms with E-state index in [1.54, 1.807) is 48.5 Å². The zero-order valence-electron chi connectivity index (χ0n) is 33.1. The fourth-order valence-electron chi connectivity index (χ4n) is 8.06. The number of carbonyl (C=O) groups excluding carboxylic acids is 6. The molecule has 0 aromatic heterocycles. The molecule has 61 heavy (non-hydrogen) atoms. The summed E-state index contributed by atoms with van der Waals surface area (Å²) in [7, 11) is 0. The van der Waals surface area contributed by atoms with Crippen LogP contribution in [0.2, 0.25) is 0 Å². The molecule has 0 saturated heterocycles. The molecule has 8 rings (SSSR count). The van der Waals surface area contributed by atoms with Crippen molar-refractivity contribution in [1.82, 2.24) is 0 Å². The Morgan fingerprint density at radius 3 is 0.934 bits per heavy atom. The molecule has 10 nitrogen and oxygen atoms in total. The number of fused-ring (bicyclic) bond motifs is 4. The first-order chi connectivity index (χ1) is 29.7. The lowest BCUT2D eigenvalue weighted by atomic mass is 9.59. The molecule has 2 aliphatic carbocycles. The Kier molecular flexibility index (Phi) is 11.8. The quantitative estimate of drug-likeness (QED) is 0.0868. The molecule has 0 bridgehead atoms. The molecule has 0 aliphatic heterocycles. The highest BCUT2D eigenvalue weighted by Gasteiger charge is 2.47. The van der Waals surface area contributed by atoms with Gasteiger partial charge in [-0.2, -0.15) is 0 Å². The van der Waals surface area contributed by atoms with Gasteiger partial charge in [0.15, 0.2) is 11.6 Å². The van der Waals surface area contributed by atoms with Crippen molar-refractivity contribution in [2.75, 3.05) is 0 Å². The lowest BCUT2D eigenvalue weighted by Crippen LogP contribution is -2.40. The van der Waals surface area contributed by atoms with Crippen LogP contribution in [-0.4, -0.2) is 35.4 Å². The van der Waals surface area contributed by atoms with Crippen LogP contribution in [0.4, 0.5) is 0 Å². The fourth-order valence-corrected chi connectivity index (χ4v) is 8.06. The Labute approximate surface area is 352 Å². The van der Waals surface area contributed by atoms with Crippen molar-refractivity contribution < 1.29 is 47.7 Å². The minimum Gasteiger partial charge on any atom is -0.457 e. The van der Waals surface area contributed by atoms with Gasteiger partial charge in [-0.05, 0) is 70.5 Å². The van der Waals surface area contributed by atoms with E-state index in [1.165, 1.54) is 24.3 Å². The molecule has 1 spiro atoms. The first-order valence-corrected chi connectivity index (χ1v) is 20.0. The van der Waals surface area contributed by atoms with Crippen LogP contribution in [0, 0.1) is 0 Å². The lowest BCUT2D eigenvalue weighted by molar-refractivity contribution is 0.0424. The minimum atomic E-state index is -1.10. The van der Waals surface area contributed by atoms with Gasteiger partial charge in [-0.25, -0.2) is 19.2 Å². The predicted molar refractivity (Wildman–Crippen MR) is 223 cm³/mol. The van der Waals surface area contributed by atoms with Crippen molar-refractivity contribution in [3.8, 4) is 0 Å². The molecule has 304 valence electrons. The summed E-state index contributed by atoms with van der Waals surface area (Å²) in [5.74, 6) is -3.84. The van der Waals surface area contributed by atoms with E-state index in [1.807, 2.05) is 72.8 Å². The van der Waals surface area contributed by atoms with Crippen molar-refractivity contribution in [2.45, 2.75) is 57.5 Å². The molecule has 0 N–H and O–H groups in total. The fraction of sp³-hybridized carbons (Fsp3) is 0.176. The second kappa shape index (κ2) is 17.8. The van der Waals surface area contributed by atoms with Crippen LogP contribution in [0.15, 0.2) is 146 Å². The first-order valence-electron chi connectivity index (χ1n) is 20.0. The van der Waals surface area contributed by atoms with E-state index in [4.69, 9.17) is 18.9 Å². The third-order valence-corrected chi connectivity index (χ3v) is 11.2. The number of carbonyl (C=O) groups is 6. The number of hydrogen-bond donors (Lipinski definition) is 0. The van der Waals surface area contributed by atoms with Crippen LogP contribution in [0.25, 0.3) is 0 Å². The summed E-state index contributed by atoms with van der Waals surface area (Å²) in [5.41, 5.74) is 2.40. The van der Waals surface area contributed by atoms with Crippen LogP contribution in [0.5, 0.6) is 0 Å². The smallest absolute Gasteiger partial charge is 0.339 e. The van der Waals surface area contributed by atoms with E-state index >= 15 is 0 Å². The summed E-state index contributed by atoms with van der Waals surface area (Å²) in [6.07, 6.45) is 0.495. The average molecular weight is 813 g/mol. The maximum Gasteiger partial charge on any atom is 0.339 e. The van der Waals surface area contributed by atoms with Crippen LogP contribution >= 0.6 is 0 Å². The van der Waals surface area contributed by atoms with Gasteiger partial charge in [0.2, 0.25) is 0 Å². The van der Waals surface area contributed by atoms with Gasteiger partial charge in [0, 0.05) is 29.4 Å².